The van der Waals surface area contributed by atoms with Crippen molar-refractivity contribution in [2.45, 2.75) is 11.7 Å². The van der Waals surface area contributed by atoms with Crippen molar-refractivity contribution >= 4 is 45.0 Å². The molecule has 0 N–H and O–H groups in total. The second-order valence-electron chi connectivity index (χ2n) is 8.75. The highest BCUT2D eigenvalue weighted by atomic mass is 79.9. The quantitative estimate of drug-likeness (QED) is 0.372. The number of halogens is 1. The van der Waals surface area contributed by atoms with Gasteiger partial charge in [-0.2, -0.15) is 0 Å². The summed E-state index contributed by atoms with van der Waals surface area (Å²) in [6, 6.07) is 20.1. The van der Waals surface area contributed by atoms with Gasteiger partial charge in [-0.25, -0.2) is 4.90 Å². The molecule has 0 unspecified atom stereocenters. The minimum absolute atomic E-state index is 0.202. The number of rotatable bonds is 3. The average molecular weight is 532 g/mol. The van der Waals surface area contributed by atoms with Crippen molar-refractivity contribution < 1.29 is 28.7 Å². The molecule has 3 aliphatic rings. The Morgan fingerprint density at radius 1 is 0.857 bits per heavy atom. The summed E-state index contributed by atoms with van der Waals surface area (Å²) in [4.78, 5) is 56.3. The molecule has 2 heterocycles. The van der Waals surface area contributed by atoms with Crippen LogP contribution in [0.4, 0.5) is 5.69 Å². The lowest BCUT2D eigenvalue weighted by atomic mass is 9.77. The molecule has 0 aromatic heterocycles. The van der Waals surface area contributed by atoms with Gasteiger partial charge in [-0.3, -0.25) is 19.2 Å². The van der Waals surface area contributed by atoms with Gasteiger partial charge in [0.25, 0.3) is 0 Å². The molecule has 7 nitrogen and oxygen atoms in total. The van der Waals surface area contributed by atoms with Gasteiger partial charge in [-0.05, 0) is 29.8 Å². The number of hydrogen-bond donors (Lipinski definition) is 0. The molecule has 3 aromatic carbocycles. The van der Waals surface area contributed by atoms with Crippen molar-refractivity contribution in [3.05, 3.63) is 94.0 Å². The van der Waals surface area contributed by atoms with Crippen LogP contribution in [0.5, 0.6) is 5.75 Å². The summed E-state index contributed by atoms with van der Waals surface area (Å²) in [6.07, 6.45) is -0.956. The number of fused-ring (bicyclic) bond motifs is 3. The molecule has 3 atom stereocenters. The molecule has 174 valence electrons. The Morgan fingerprint density at radius 2 is 1.51 bits per heavy atom. The predicted octanol–water partition coefficient (Wildman–Crippen LogP) is 4.15. The first-order valence-corrected chi connectivity index (χ1v) is 11.8. The van der Waals surface area contributed by atoms with E-state index in [1.54, 1.807) is 72.8 Å². The molecule has 2 amide bonds. The molecule has 6 rings (SSSR count). The predicted molar refractivity (Wildman–Crippen MR) is 128 cm³/mol. The first-order valence-electron chi connectivity index (χ1n) is 11.0. The summed E-state index contributed by atoms with van der Waals surface area (Å²) in [6.45, 7) is 0. The number of carbonyl (C=O) groups excluding carboxylic acids is 4. The largest absolute Gasteiger partial charge is 0.497 e. The number of ether oxygens (including phenoxy) is 2. The van der Waals surface area contributed by atoms with Crippen molar-refractivity contribution in [2.24, 2.45) is 11.8 Å². The number of amides is 2. The Balaban J connectivity index is 1.54. The fourth-order valence-corrected chi connectivity index (χ4v) is 5.74. The molecule has 0 bridgehead atoms. The summed E-state index contributed by atoms with van der Waals surface area (Å²) in [5, 5.41) is 0. The van der Waals surface area contributed by atoms with Gasteiger partial charge in [0, 0.05) is 21.7 Å². The average Bonchev–Trinajstić information content (AvgIpc) is 3.44. The molecule has 1 aliphatic carbocycles. The van der Waals surface area contributed by atoms with Gasteiger partial charge in [-0.15, -0.1) is 0 Å². The zero-order valence-electron chi connectivity index (χ0n) is 18.4. The van der Waals surface area contributed by atoms with Crippen LogP contribution in [0.15, 0.2) is 77.3 Å². The molecule has 2 fully saturated rings. The van der Waals surface area contributed by atoms with E-state index in [-0.39, 0.29) is 11.1 Å². The van der Waals surface area contributed by atoms with E-state index in [1.807, 2.05) is 0 Å². The summed E-state index contributed by atoms with van der Waals surface area (Å²) in [7, 11) is 1.49. The minimum Gasteiger partial charge on any atom is -0.497 e. The number of hydrogen-bond acceptors (Lipinski definition) is 6. The van der Waals surface area contributed by atoms with Crippen LogP contribution in [0.3, 0.4) is 0 Å². The summed E-state index contributed by atoms with van der Waals surface area (Å²) >= 11 is 3.39. The van der Waals surface area contributed by atoms with Gasteiger partial charge in [-0.1, -0.05) is 58.4 Å². The molecular weight excluding hydrogens is 514 g/mol. The first-order chi connectivity index (χ1) is 16.9. The molecule has 0 radical (unpaired) electrons. The lowest BCUT2D eigenvalue weighted by Gasteiger charge is -2.27. The fourth-order valence-electron chi connectivity index (χ4n) is 5.47. The van der Waals surface area contributed by atoms with Crippen molar-refractivity contribution in [3.63, 3.8) is 0 Å². The maximum atomic E-state index is 13.9. The first kappa shape index (κ1) is 21.9. The smallest absolute Gasteiger partial charge is 0.241 e. The summed E-state index contributed by atoms with van der Waals surface area (Å²) < 4.78 is 12.4. The number of imide groups is 1. The number of Topliss-reactive ketones (excluding diaryl/α,β-unsaturated/α-hetero) is 2. The van der Waals surface area contributed by atoms with E-state index >= 15 is 0 Å². The Bertz CT molecular complexity index is 1400. The Labute approximate surface area is 208 Å². The second kappa shape index (κ2) is 7.69. The van der Waals surface area contributed by atoms with Crippen LogP contribution in [0, 0.1) is 11.8 Å². The molecule has 3 aromatic rings. The van der Waals surface area contributed by atoms with Gasteiger partial charge in [0.15, 0.2) is 0 Å². The highest BCUT2D eigenvalue weighted by Crippen LogP contribution is 2.57. The normalized spacial score (nSPS) is 24.3. The lowest BCUT2D eigenvalue weighted by Crippen LogP contribution is -2.51. The molecular formula is C27H18BrNO6. The van der Waals surface area contributed by atoms with Gasteiger partial charge < -0.3 is 9.47 Å². The van der Waals surface area contributed by atoms with Crippen molar-refractivity contribution in [3.8, 4) is 5.75 Å². The van der Waals surface area contributed by atoms with Crippen LogP contribution in [-0.2, 0) is 14.3 Å². The van der Waals surface area contributed by atoms with Crippen LogP contribution < -0.4 is 9.64 Å². The van der Waals surface area contributed by atoms with Crippen LogP contribution in [0.2, 0.25) is 0 Å². The van der Waals surface area contributed by atoms with E-state index in [2.05, 4.69) is 15.9 Å². The van der Waals surface area contributed by atoms with Crippen molar-refractivity contribution in [1.29, 1.82) is 0 Å². The lowest BCUT2D eigenvalue weighted by molar-refractivity contribution is -0.127. The van der Waals surface area contributed by atoms with E-state index in [0.717, 1.165) is 9.37 Å². The number of carbonyl (C=O) groups is 4. The van der Waals surface area contributed by atoms with Crippen molar-refractivity contribution in [2.75, 3.05) is 12.0 Å². The van der Waals surface area contributed by atoms with Crippen LogP contribution in [0.25, 0.3) is 0 Å². The Morgan fingerprint density at radius 3 is 2.14 bits per heavy atom. The zero-order valence-corrected chi connectivity index (χ0v) is 20.0. The van der Waals surface area contributed by atoms with E-state index in [0.29, 0.717) is 17.0 Å². The summed E-state index contributed by atoms with van der Waals surface area (Å²) in [5.41, 5.74) is -0.772. The van der Waals surface area contributed by atoms with Gasteiger partial charge in [0.2, 0.25) is 29.0 Å². The van der Waals surface area contributed by atoms with Gasteiger partial charge in [0.1, 0.15) is 5.75 Å². The maximum absolute atomic E-state index is 13.9. The van der Waals surface area contributed by atoms with Gasteiger partial charge >= 0.3 is 0 Å². The topological polar surface area (TPSA) is 90.0 Å². The Hall–Kier alpha value is -3.62. The van der Waals surface area contributed by atoms with Crippen LogP contribution in [-0.4, -0.2) is 36.1 Å². The number of ketones is 2. The maximum Gasteiger partial charge on any atom is 0.241 e. The molecule has 2 aliphatic heterocycles. The van der Waals surface area contributed by atoms with Crippen molar-refractivity contribution in [1.82, 2.24) is 0 Å². The highest BCUT2D eigenvalue weighted by molar-refractivity contribution is 9.10. The molecule has 35 heavy (non-hydrogen) atoms. The fraction of sp³-hybridized carbons (Fsp3) is 0.185. The number of nitrogens with zero attached hydrogens (tertiary/aromatic N) is 1. The third kappa shape index (κ3) is 2.87. The SMILES string of the molecule is COc1cccc(N2C(=O)[C@H]3[C@@H](C2=O)C2(O[C@H]3c3ccc(Br)cc3)C(=O)c3ccccc3C2=O)c1. The van der Waals surface area contributed by atoms with E-state index in [9.17, 15) is 19.2 Å². The number of benzene rings is 3. The van der Waals surface area contributed by atoms with Crippen LogP contribution >= 0.6 is 15.9 Å². The zero-order chi connectivity index (χ0) is 24.5. The second-order valence-corrected chi connectivity index (χ2v) is 9.66. The van der Waals surface area contributed by atoms with E-state index < -0.39 is 46.9 Å². The summed E-state index contributed by atoms with van der Waals surface area (Å²) in [5.74, 6) is -4.19. The number of methoxy groups -OCH3 is 1. The number of anilines is 1. The highest BCUT2D eigenvalue weighted by Gasteiger charge is 2.74. The molecule has 0 saturated carbocycles. The molecule has 8 heteroatoms. The third-order valence-electron chi connectivity index (χ3n) is 7.03. The molecule has 1 spiro atoms. The minimum atomic E-state index is -2.09. The van der Waals surface area contributed by atoms with E-state index in [1.165, 1.54) is 7.11 Å². The standard InChI is InChI=1S/C27H18BrNO6/c1-34-17-6-4-5-16(13-17)29-25(32)20-21(26(29)33)27(35-22(20)14-9-11-15(28)12-10-14)23(30)18-7-2-3-8-19(18)24(27)31/h2-13,20-22H,1H3/t20-,21-,22-/m0/s1. The van der Waals surface area contributed by atoms with Gasteiger partial charge in [0.05, 0.1) is 30.7 Å². The van der Waals surface area contributed by atoms with E-state index in [4.69, 9.17) is 9.47 Å². The Kier molecular flexibility index (Phi) is 4.81. The molecule has 2 saturated heterocycles. The third-order valence-corrected chi connectivity index (χ3v) is 7.56. The van der Waals surface area contributed by atoms with Crippen LogP contribution in [0.1, 0.15) is 32.4 Å². The monoisotopic (exact) mass is 531 g/mol.